The Morgan fingerprint density at radius 3 is 2.49 bits per heavy atom. The summed E-state index contributed by atoms with van der Waals surface area (Å²) in [5, 5.41) is 0.873. The molecule has 1 saturated heterocycles. The van der Waals surface area contributed by atoms with E-state index in [0.717, 1.165) is 22.2 Å². The number of alkyl halides is 3. The van der Waals surface area contributed by atoms with Crippen molar-refractivity contribution in [2.24, 2.45) is 5.92 Å². The number of carbonyl (C=O) groups is 2. The minimum atomic E-state index is -4.18. The molecule has 1 aromatic heterocycles. The lowest BCUT2D eigenvalue weighted by atomic mass is 9.89. The first kappa shape index (κ1) is 27.2. The van der Waals surface area contributed by atoms with Gasteiger partial charge in [-0.25, -0.2) is 0 Å². The summed E-state index contributed by atoms with van der Waals surface area (Å²) >= 11 is 0. The van der Waals surface area contributed by atoms with Crippen LogP contribution in [0.4, 0.5) is 13.2 Å². The molecule has 5 nitrogen and oxygen atoms in total. The third-order valence-corrected chi connectivity index (χ3v) is 7.83. The van der Waals surface area contributed by atoms with Crippen LogP contribution >= 0.6 is 0 Å². The van der Waals surface area contributed by atoms with E-state index in [1.54, 1.807) is 0 Å². The first-order valence-electron chi connectivity index (χ1n) is 12.9. The van der Waals surface area contributed by atoms with Crippen LogP contribution < -0.4 is 0 Å². The van der Waals surface area contributed by atoms with Gasteiger partial charge >= 0.3 is 6.18 Å². The number of aromatic nitrogens is 1. The van der Waals surface area contributed by atoms with Crippen LogP contribution in [0.3, 0.4) is 0 Å². The lowest BCUT2D eigenvalue weighted by Crippen LogP contribution is -2.41. The van der Waals surface area contributed by atoms with Crippen LogP contribution in [-0.4, -0.2) is 54.0 Å². The second kappa shape index (κ2) is 10.9. The van der Waals surface area contributed by atoms with Gasteiger partial charge in [0.25, 0.3) is 0 Å². The topological polar surface area (TPSA) is 51.5 Å². The number of benzene rings is 1. The lowest BCUT2D eigenvalue weighted by Gasteiger charge is -2.36. The van der Waals surface area contributed by atoms with Gasteiger partial charge in [0.2, 0.25) is 0 Å². The summed E-state index contributed by atoms with van der Waals surface area (Å²) in [6.45, 7) is 5.90. The maximum absolute atomic E-state index is 13.6. The fraction of sp³-hybridized carbons (Fsp3) is 0.517. The molecule has 0 spiro atoms. The molecule has 1 atom stereocenters. The molecule has 0 bridgehead atoms. The maximum atomic E-state index is 13.6. The summed E-state index contributed by atoms with van der Waals surface area (Å²) in [6, 6.07) is 7.83. The van der Waals surface area contributed by atoms with Gasteiger partial charge in [0.15, 0.2) is 11.6 Å². The third-order valence-electron chi connectivity index (χ3n) is 7.83. The van der Waals surface area contributed by atoms with Gasteiger partial charge in [0.1, 0.15) is 5.76 Å². The largest absolute Gasteiger partial charge is 0.496 e. The summed E-state index contributed by atoms with van der Waals surface area (Å²) in [5.41, 5.74) is 3.98. The molecule has 1 aliphatic heterocycles. The number of fused-ring (bicyclic) bond motifs is 1. The molecule has 1 aromatic carbocycles. The van der Waals surface area contributed by atoms with Crippen LogP contribution in [0, 0.1) is 12.8 Å². The number of para-hydroxylation sites is 1. The highest BCUT2D eigenvalue weighted by molar-refractivity contribution is 6.10. The minimum absolute atomic E-state index is 0.00529. The summed E-state index contributed by atoms with van der Waals surface area (Å²) < 4.78 is 46.1. The van der Waals surface area contributed by atoms with Gasteiger partial charge < -0.3 is 9.30 Å². The standard InChI is InChI=1S/C29H35F3N2O3/c1-18-15-26(36)23(27(16-18)37-4)9-10-25(35)28-20(3)34(24-8-6-5-7-22(24)28)19(2)21-11-13-33(14-12-21)17-29(30,31)32/h5-8,16,19,21H,9-15,17H2,1-4H3/t19-/m1/s1. The van der Waals surface area contributed by atoms with Crippen LogP contribution in [0.15, 0.2) is 47.2 Å². The Hall–Kier alpha value is -2.87. The van der Waals surface area contributed by atoms with Crippen LogP contribution in [0.5, 0.6) is 0 Å². The second-order valence-corrected chi connectivity index (χ2v) is 10.4. The highest BCUT2D eigenvalue weighted by Gasteiger charge is 2.34. The predicted octanol–water partition coefficient (Wildman–Crippen LogP) is 6.57. The molecule has 4 rings (SSSR count). The number of rotatable bonds is 8. The Kier molecular flexibility index (Phi) is 7.97. The molecule has 1 aliphatic carbocycles. The highest BCUT2D eigenvalue weighted by atomic mass is 19.4. The molecule has 2 aliphatic rings. The molecule has 2 heterocycles. The molecule has 0 radical (unpaired) electrons. The zero-order valence-corrected chi connectivity index (χ0v) is 22.0. The minimum Gasteiger partial charge on any atom is -0.496 e. The fourth-order valence-electron chi connectivity index (χ4n) is 5.99. The Morgan fingerprint density at radius 1 is 1.16 bits per heavy atom. The van der Waals surface area contributed by atoms with Crippen molar-refractivity contribution in [1.29, 1.82) is 0 Å². The molecule has 0 amide bonds. The van der Waals surface area contributed by atoms with Crippen molar-refractivity contribution < 1.29 is 27.5 Å². The van der Waals surface area contributed by atoms with Crippen molar-refractivity contribution in [2.45, 2.75) is 65.1 Å². The molecule has 0 N–H and O–H groups in total. The summed E-state index contributed by atoms with van der Waals surface area (Å²) in [6.07, 6.45) is -0.117. The number of carbonyl (C=O) groups excluding carboxylic acids is 2. The third kappa shape index (κ3) is 5.84. The average molecular weight is 517 g/mol. The Morgan fingerprint density at radius 2 is 1.84 bits per heavy atom. The van der Waals surface area contributed by atoms with Crippen molar-refractivity contribution in [1.82, 2.24) is 9.47 Å². The summed E-state index contributed by atoms with van der Waals surface area (Å²) in [7, 11) is 1.53. The Bertz CT molecular complexity index is 1250. The summed E-state index contributed by atoms with van der Waals surface area (Å²) in [4.78, 5) is 27.6. The number of piperidine rings is 1. The van der Waals surface area contributed by atoms with E-state index in [-0.39, 0.29) is 29.9 Å². The van der Waals surface area contributed by atoms with E-state index >= 15 is 0 Å². The van der Waals surface area contributed by atoms with Gasteiger partial charge in [-0.2, -0.15) is 13.2 Å². The van der Waals surface area contributed by atoms with E-state index in [1.165, 1.54) is 12.0 Å². The number of Topliss-reactive ketones (excluding diaryl/α,β-unsaturated/α-hetero) is 2. The monoisotopic (exact) mass is 516 g/mol. The first-order valence-corrected chi connectivity index (χ1v) is 12.9. The van der Waals surface area contributed by atoms with Crippen molar-refractivity contribution >= 4 is 22.5 Å². The highest BCUT2D eigenvalue weighted by Crippen LogP contribution is 2.37. The van der Waals surface area contributed by atoms with E-state index in [2.05, 4.69) is 11.5 Å². The zero-order chi connectivity index (χ0) is 26.9. The molecule has 2 aromatic rings. The SMILES string of the molecule is COC1=C(CCC(=O)c2c(C)n([C@H](C)C3CCN(CC(F)(F)F)CC3)c3ccccc23)C(=O)CC(C)=C1. The van der Waals surface area contributed by atoms with Crippen molar-refractivity contribution in [2.75, 3.05) is 26.7 Å². The fourth-order valence-corrected chi connectivity index (χ4v) is 5.99. The van der Waals surface area contributed by atoms with E-state index < -0.39 is 12.7 Å². The average Bonchev–Trinajstić information content (AvgIpc) is 3.13. The number of methoxy groups -OCH3 is 1. The number of ketones is 2. The molecule has 0 saturated carbocycles. The van der Waals surface area contributed by atoms with Gasteiger partial charge in [-0.1, -0.05) is 23.8 Å². The molecular weight excluding hydrogens is 481 g/mol. The smallest absolute Gasteiger partial charge is 0.401 e. The normalized spacial score (nSPS) is 18.9. The molecule has 8 heteroatoms. The Labute approximate surface area is 215 Å². The van der Waals surface area contributed by atoms with Gasteiger partial charge in [0, 0.05) is 46.6 Å². The van der Waals surface area contributed by atoms with Gasteiger partial charge in [-0.05, 0) is 71.2 Å². The predicted molar refractivity (Wildman–Crippen MR) is 138 cm³/mol. The number of likely N-dealkylation sites (tertiary alicyclic amines) is 1. The number of hydrogen-bond donors (Lipinski definition) is 0. The second-order valence-electron chi connectivity index (χ2n) is 10.4. The van der Waals surface area contributed by atoms with Crippen LogP contribution in [0.25, 0.3) is 10.9 Å². The molecule has 200 valence electrons. The Balaban J connectivity index is 1.56. The number of hydrogen-bond acceptors (Lipinski definition) is 4. The van der Waals surface area contributed by atoms with Gasteiger partial charge in [0.05, 0.1) is 13.7 Å². The van der Waals surface area contributed by atoms with E-state index in [0.29, 0.717) is 55.7 Å². The number of nitrogens with zero attached hydrogens (tertiary/aromatic N) is 2. The molecular formula is C29H35F3N2O3. The molecule has 1 fully saturated rings. The van der Waals surface area contributed by atoms with Crippen molar-refractivity contribution in [3.63, 3.8) is 0 Å². The number of allylic oxidation sites excluding steroid dienone is 3. The first-order chi connectivity index (χ1) is 17.5. The van der Waals surface area contributed by atoms with E-state index in [1.807, 2.05) is 44.2 Å². The van der Waals surface area contributed by atoms with Crippen LogP contribution in [0.2, 0.25) is 0 Å². The zero-order valence-electron chi connectivity index (χ0n) is 22.0. The van der Waals surface area contributed by atoms with Crippen molar-refractivity contribution in [3.05, 3.63) is 58.5 Å². The van der Waals surface area contributed by atoms with E-state index in [4.69, 9.17) is 4.74 Å². The molecule has 37 heavy (non-hydrogen) atoms. The van der Waals surface area contributed by atoms with Gasteiger partial charge in [-0.3, -0.25) is 14.5 Å². The lowest BCUT2D eigenvalue weighted by molar-refractivity contribution is -0.149. The number of ether oxygens (including phenoxy) is 1. The maximum Gasteiger partial charge on any atom is 0.401 e. The van der Waals surface area contributed by atoms with Gasteiger partial charge in [-0.15, -0.1) is 0 Å². The number of halogens is 3. The van der Waals surface area contributed by atoms with Crippen molar-refractivity contribution in [3.8, 4) is 0 Å². The summed E-state index contributed by atoms with van der Waals surface area (Å²) in [5.74, 6) is 0.716. The van der Waals surface area contributed by atoms with Crippen LogP contribution in [-0.2, 0) is 9.53 Å². The van der Waals surface area contributed by atoms with E-state index in [9.17, 15) is 22.8 Å². The van der Waals surface area contributed by atoms with Crippen LogP contribution in [0.1, 0.15) is 68.0 Å². The quantitative estimate of drug-likeness (QED) is 0.373. The molecule has 0 unspecified atom stereocenters.